The van der Waals surface area contributed by atoms with Gasteiger partial charge in [-0.25, -0.2) is 4.98 Å². The average molecular weight is 236 g/mol. The number of aliphatic hydroxyl groups excluding tert-OH is 1. The molecular formula is C12H16N2O3. The number of aromatic nitrogens is 1. The first kappa shape index (κ1) is 13.2. The van der Waals surface area contributed by atoms with Crippen molar-refractivity contribution in [1.82, 2.24) is 10.3 Å². The molecule has 1 unspecified atom stereocenters. The minimum absolute atomic E-state index is 0.177. The first-order chi connectivity index (χ1) is 8.15. The largest absolute Gasteiger partial charge is 0.487 e. The molecule has 0 saturated heterocycles. The zero-order chi connectivity index (χ0) is 12.7. The van der Waals surface area contributed by atoms with E-state index in [2.05, 4.69) is 16.9 Å². The number of ether oxygens (including phenoxy) is 1. The van der Waals surface area contributed by atoms with Crippen molar-refractivity contribution in [2.75, 3.05) is 13.2 Å². The second-order valence-corrected chi connectivity index (χ2v) is 3.51. The molecule has 5 nitrogen and oxygen atoms in total. The minimum Gasteiger partial charge on any atom is -0.487 e. The fourth-order valence-electron chi connectivity index (χ4n) is 1.15. The van der Waals surface area contributed by atoms with Crippen molar-refractivity contribution in [3.05, 3.63) is 36.7 Å². The lowest BCUT2D eigenvalue weighted by Gasteiger charge is -2.10. The Morgan fingerprint density at radius 3 is 3.18 bits per heavy atom. The van der Waals surface area contributed by atoms with Crippen molar-refractivity contribution in [2.45, 2.75) is 13.0 Å². The summed E-state index contributed by atoms with van der Waals surface area (Å²) in [5, 5.41) is 11.6. The van der Waals surface area contributed by atoms with Gasteiger partial charge in [0.1, 0.15) is 6.61 Å². The summed E-state index contributed by atoms with van der Waals surface area (Å²) in [5.41, 5.74) is 0.204. The molecule has 0 radical (unpaired) electrons. The highest BCUT2D eigenvalue weighted by molar-refractivity contribution is 5.94. The summed E-state index contributed by atoms with van der Waals surface area (Å²) in [6.45, 7) is 5.61. The molecule has 2 N–H and O–H groups in total. The van der Waals surface area contributed by atoms with E-state index in [-0.39, 0.29) is 18.1 Å². The van der Waals surface area contributed by atoms with E-state index in [4.69, 9.17) is 9.84 Å². The quantitative estimate of drug-likeness (QED) is 0.715. The molecule has 0 spiro atoms. The van der Waals surface area contributed by atoms with Gasteiger partial charge in [-0.1, -0.05) is 12.7 Å². The van der Waals surface area contributed by atoms with Crippen LogP contribution in [-0.2, 0) is 0 Å². The molecule has 1 heterocycles. The van der Waals surface area contributed by atoms with Crippen LogP contribution in [0.25, 0.3) is 0 Å². The highest BCUT2D eigenvalue weighted by Crippen LogP contribution is 2.14. The molecule has 0 aliphatic heterocycles. The predicted octanol–water partition coefficient (Wildman–Crippen LogP) is 0.757. The number of hydrogen-bond donors (Lipinski definition) is 2. The van der Waals surface area contributed by atoms with Gasteiger partial charge in [0.2, 0.25) is 0 Å². The number of carbonyl (C=O) groups is 1. The van der Waals surface area contributed by atoms with Gasteiger partial charge in [-0.15, -0.1) is 0 Å². The van der Waals surface area contributed by atoms with Crippen LogP contribution in [0.3, 0.4) is 0 Å². The van der Waals surface area contributed by atoms with Gasteiger partial charge in [0.05, 0.1) is 6.10 Å². The Morgan fingerprint density at radius 1 is 1.76 bits per heavy atom. The molecule has 1 amide bonds. The van der Waals surface area contributed by atoms with Crippen LogP contribution >= 0.6 is 0 Å². The molecule has 5 heteroatoms. The molecule has 0 fully saturated rings. The number of amides is 1. The van der Waals surface area contributed by atoms with Crippen molar-refractivity contribution in [2.24, 2.45) is 0 Å². The van der Waals surface area contributed by atoms with Crippen LogP contribution in [0, 0.1) is 0 Å². The van der Waals surface area contributed by atoms with Crippen LogP contribution in [0.5, 0.6) is 5.75 Å². The SMILES string of the molecule is C=CCOc1cccnc1C(=O)NCC(C)O. The summed E-state index contributed by atoms with van der Waals surface area (Å²) in [6, 6.07) is 3.34. The highest BCUT2D eigenvalue weighted by Gasteiger charge is 2.13. The summed E-state index contributed by atoms with van der Waals surface area (Å²) >= 11 is 0. The van der Waals surface area contributed by atoms with E-state index in [0.29, 0.717) is 12.4 Å². The number of aliphatic hydroxyl groups is 1. The molecule has 0 saturated carbocycles. The third kappa shape index (κ3) is 4.24. The summed E-state index contributed by atoms with van der Waals surface area (Å²) in [4.78, 5) is 15.7. The number of nitrogens with zero attached hydrogens (tertiary/aromatic N) is 1. The Labute approximate surface area is 100 Å². The van der Waals surface area contributed by atoms with E-state index >= 15 is 0 Å². The lowest BCUT2D eigenvalue weighted by atomic mass is 10.3. The Morgan fingerprint density at radius 2 is 2.53 bits per heavy atom. The van der Waals surface area contributed by atoms with E-state index < -0.39 is 6.10 Å². The van der Waals surface area contributed by atoms with Gasteiger partial charge in [-0.2, -0.15) is 0 Å². The predicted molar refractivity (Wildman–Crippen MR) is 63.9 cm³/mol. The Balaban J connectivity index is 2.74. The first-order valence-corrected chi connectivity index (χ1v) is 5.30. The van der Waals surface area contributed by atoms with Crippen molar-refractivity contribution >= 4 is 5.91 Å². The molecule has 0 aliphatic rings. The Kier molecular flexibility index (Phi) is 5.16. The van der Waals surface area contributed by atoms with E-state index in [1.807, 2.05) is 0 Å². The Bertz CT molecular complexity index is 391. The second-order valence-electron chi connectivity index (χ2n) is 3.51. The third-order valence-electron chi connectivity index (χ3n) is 1.90. The molecule has 17 heavy (non-hydrogen) atoms. The number of nitrogens with one attached hydrogen (secondary N) is 1. The van der Waals surface area contributed by atoms with Crippen molar-refractivity contribution in [3.8, 4) is 5.75 Å². The molecule has 1 aromatic rings. The molecule has 1 aromatic heterocycles. The van der Waals surface area contributed by atoms with Crippen LogP contribution in [0.4, 0.5) is 0 Å². The summed E-state index contributed by atoms with van der Waals surface area (Å²) in [6.07, 6.45) is 2.50. The molecule has 1 rings (SSSR count). The van der Waals surface area contributed by atoms with Crippen molar-refractivity contribution in [3.63, 3.8) is 0 Å². The normalized spacial score (nSPS) is 11.6. The van der Waals surface area contributed by atoms with Crippen molar-refractivity contribution < 1.29 is 14.6 Å². The van der Waals surface area contributed by atoms with Gasteiger partial charge in [0, 0.05) is 12.7 Å². The fourth-order valence-corrected chi connectivity index (χ4v) is 1.15. The van der Waals surface area contributed by atoms with Crippen LogP contribution in [-0.4, -0.2) is 35.3 Å². The molecule has 0 bridgehead atoms. The van der Waals surface area contributed by atoms with Crippen LogP contribution in [0.15, 0.2) is 31.0 Å². The highest BCUT2D eigenvalue weighted by atomic mass is 16.5. The summed E-state index contributed by atoms with van der Waals surface area (Å²) < 4.78 is 5.31. The zero-order valence-electron chi connectivity index (χ0n) is 9.72. The van der Waals surface area contributed by atoms with Crippen LogP contribution < -0.4 is 10.1 Å². The van der Waals surface area contributed by atoms with E-state index in [1.165, 1.54) is 6.20 Å². The van der Waals surface area contributed by atoms with Crippen LogP contribution in [0.1, 0.15) is 17.4 Å². The van der Waals surface area contributed by atoms with Gasteiger partial charge in [0.15, 0.2) is 11.4 Å². The monoisotopic (exact) mass is 236 g/mol. The van der Waals surface area contributed by atoms with Crippen molar-refractivity contribution in [1.29, 1.82) is 0 Å². The molecule has 92 valence electrons. The number of pyridine rings is 1. The molecule has 0 aromatic carbocycles. The van der Waals surface area contributed by atoms with E-state index in [9.17, 15) is 4.79 Å². The average Bonchev–Trinajstić information content (AvgIpc) is 2.33. The summed E-state index contributed by atoms with van der Waals surface area (Å²) in [7, 11) is 0. The number of carbonyl (C=O) groups excluding carboxylic acids is 1. The summed E-state index contributed by atoms with van der Waals surface area (Å²) in [5.74, 6) is 0.0288. The Hall–Kier alpha value is -1.88. The lowest BCUT2D eigenvalue weighted by molar-refractivity contribution is 0.0915. The maximum atomic E-state index is 11.7. The van der Waals surface area contributed by atoms with E-state index in [1.54, 1.807) is 25.1 Å². The van der Waals surface area contributed by atoms with Gasteiger partial charge in [-0.3, -0.25) is 4.79 Å². The van der Waals surface area contributed by atoms with Gasteiger partial charge in [-0.05, 0) is 19.1 Å². The van der Waals surface area contributed by atoms with Gasteiger partial charge in [0.25, 0.3) is 5.91 Å². The smallest absolute Gasteiger partial charge is 0.273 e. The molecular weight excluding hydrogens is 220 g/mol. The molecule has 1 atom stereocenters. The molecule has 0 aliphatic carbocycles. The topological polar surface area (TPSA) is 71.5 Å². The number of hydrogen-bond acceptors (Lipinski definition) is 4. The van der Waals surface area contributed by atoms with E-state index in [0.717, 1.165) is 0 Å². The lowest BCUT2D eigenvalue weighted by Crippen LogP contribution is -2.31. The first-order valence-electron chi connectivity index (χ1n) is 5.30. The zero-order valence-corrected chi connectivity index (χ0v) is 9.72. The standard InChI is InChI=1S/C12H16N2O3/c1-3-7-17-10-5-4-6-13-11(10)12(16)14-8-9(2)15/h3-6,9,15H,1,7-8H2,2H3,(H,14,16). The second kappa shape index (κ2) is 6.65. The van der Waals surface area contributed by atoms with Gasteiger partial charge >= 0.3 is 0 Å². The third-order valence-corrected chi connectivity index (χ3v) is 1.90. The van der Waals surface area contributed by atoms with Gasteiger partial charge < -0.3 is 15.2 Å². The number of rotatable bonds is 6. The maximum absolute atomic E-state index is 11.7. The minimum atomic E-state index is -0.597. The van der Waals surface area contributed by atoms with Crippen LogP contribution in [0.2, 0.25) is 0 Å². The fraction of sp³-hybridized carbons (Fsp3) is 0.333. The maximum Gasteiger partial charge on any atom is 0.273 e.